The molecule has 0 bridgehead atoms. The molecular weight excluding hydrogens is 283 g/mol. The third-order valence-electron chi connectivity index (χ3n) is 3.15. The maximum absolute atomic E-state index is 12.8. The average Bonchev–Trinajstić information content (AvgIpc) is 2.92. The normalized spacial score (nSPS) is 11.5. The first-order valence-corrected chi connectivity index (χ1v) is 7.28. The highest BCUT2D eigenvalue weighted by molar-refractivity contribution is 5.79. The molecule has 0 saturated carbocycles. The number of nitrogens with zero attached hydrogens (tertiary/aromatic N) is 4. The molecule has 1 heterocycles. The summed E-state index contributed by atoms with van der Waals surface area (Å²) in [5.41, 5.74) is 1.08. The number of hydrogen-bond acceptors (Lipinski definition) is 3. The van der Waals surface area contributed by atoms with Gasteiger partial charge in [-0.05, 0) is 31.0 Å². The van der Waals surface area contributed by atoms with Gasteiger partial charge < -0.3 is 10.6 Å². The quantitative estimate of drug-likeness (QED) is 0.623. The van der Waals surface area contributed by atoms with Crippen LogP contribution in [0.15, 0.2) is 35.6 Å². The molecule has 0 fully saturated rings. The molecule has 0 unspecified atom stereocenters. The predicted octanol–water partition coefficient (Wildman–Crippen LogP) is 1.25. The molecule has 0 aliphatic carbocycles. The van der Waals surface area contributed by atoms with E-state index in [9.17, 15) is 4.39 Å². The van der Waals surface area contributed by atoms with E-state index in [-0.39, 0.29) is 5.82 Å². The van der Waals surface area contributed by atoms with Crippen LogP contribution in [0.4, 0.5) is 4.39 Å². The summed E-state index contributed by atoms with van der Waals surface area (Å²) in [6, 6.07) is 6.53. The first kappa shape index (κ1) is 15.9. The summed E-state index contributed by atoms with van der Waals surface area (Å²) in [6.07, 6.45) is 2.31. The molecule has 0 saturated heterocycles. The van der Waals surface area contributed by atoms with Crippen LogP contribution in [-0.2, 0) is 20.0 Å². The molecule has 6 nitrogen and oxygen atoms in total. The number of aryl methyl sites for hydroxylation is 1. The Bertz CT molecular complexity index is 605. The second-order valence-electron chi connectivity index (χ2n) is 4.80. The number of nitrogens with one attached hydrogen (secondary N) is 2. The summed E-state index contributed by atoms with van der Waals surface area (Å²) in [5.74, 6) is 1.32. The number of hydrogen-bond donors (Lipinski definition) is 2. The van der Waals surface area contributed by atoms with Crippen molar-refractivity contribution in [3.05, 3.63) is 47.8 Å². The van der Waals surface area contributed by atoms with Crippen LogP contribution in [0.1, 0.15) is 18.3 Å². The van der Waals surface area contributed by atoms with Gasteiger partial charge in [-0.25, -0.2) is 14.4 Å². The van der Waals surface area contributed by atoms with E-state index >= 15 is 0 Å². The van der Waals surface area contributed by atoms with Crippen molar-refractivity contribution < 1.29 is 4.39 Å². The summed E-state index contributed by atoms with van der Waals surface area (Å²) in [5, 5.41) is 10.4. The second kappa shape index (κ2) is 8.11. The Labute approximate surface area is 129 Å². The SMILES string of the molecule is CCNC(=NCc1ncnn1C)NCCc1ccc(F)cc1. The Morgan fingerprint density at radius 2 is 2.05 bits per heavy atom. The van der Waals surface area contributed by atoms with Gasteiger partial charge in [0.15, 0.2) is 5.96 Å². The molecule has 0 atom stereocenters. The fourth-order valence-corrected chi connectivity index (χ4v) is 1.93. The van der Waals surface area contributed by atoms with Crippen molar-refractivity contribution in [3.8, 4) is 0 Å². The number of rotatable bonds is 6. The summed E-state index contributed by atoms with van der Waals surface area (Å²) < 4.78 is 14.5. The van der Waals surface area contributed by atoms with Crippen LogP contribution >= 0.6 is 0 Å². The smallest absolute Gasteiger partial charge is 0.191 e. The van der Waals surface area contributed by atoms with Gasteiger partial charge in [-0.2, -0.15) is 5.10 Å². The number of aliphatic imine (C=N–C) groups is 1. The Kier molecular flexibility index (Phi) is 5.88. The van der Waals surface area contributed by atoms with Crippen LogP contribution < -0.4 is 10.6 Å². The molecule has 118 valence electrons. The largest absolute Gasteiger partial charge is 0.357 e. The molecule has 22 heavy (non-hydrogen) atoms. The van der Waals surface area contributed by atoms with E-state index in [4.69, 9.17) is 0 Å². The minimum Gasteiger partial charge on any atom is -0.357 e. The zero-order valence-electron chi connectivity index (χ0n) is 12.9. The van der Waals surface area contributed by atoms with Crippen LogP contribution in [-0.4, -0.2) is 33.8 Å². The van der Waals surface area contributed by atoms with Crippen molar-refractivity contribution in [1.29, 1.82) is 0 Å². The van der Waals surface area contributed by atoms with Gasteiger partial charge in [0.25, 0.3) is 0 Å². The molecule has 2 N–H and O–H groups in total. The monoisotopic (exact) mass is 304 g/mol. The van der Waals surface area contributed by atoms with Crippen molar-refractivity contribution in [2.24, 2.45) is 12.0 Å². The van der Waals surface area contributed by atoms with Crippen LogP contribution in [0.5, 0.6) is 0 Å². The van der Waals surface area contributed by atoms with Gasteiger partial charge in [-0.1, -0.05) is 12.1 Å². The molecular formula is C15H21FN6. The zero-order valence-corrected chi connectivity index (χ0v) is 12.9. The maximum atomic E-state index is 12.8. The first-order chi connectivity index (χ1) is 10.7. The lowest BCUT2D eigenvalue weighted by atomic mass is 10.1. The fraction of sp³-hybridized carbons (Fsp3) is 0.400. The van der Waals surface area contributed by atoms with E-state index in [1.807, 2.05) is 14.0 Å². The molecule has 0 aliphatic rings. The van der Waals surface area contributed by atoms with E-state index < -0.39 is 0 Å². The molecule has 0 spiro atoms. The molecule has 0 aliphatic heterocycles. The summed E-state index contributed by atoms with van der Waals surface area (Å²) >= 11 is 0. The van der Waals surface area contributed by atoms with Gasteiger partial charge in [0.05, 0.1) is 0 Å². The van der Waals surface area contributed by atoms with Crippen molar-refractivity contribution in [1.82, 2.24) is 25.4 Å². The number of guanidine groups is 1. The molecule has 7 heteroatoms. The van der Waals surface area contributed by atoms with Gasteiger partial charge in [0, 0.05) is 20.1 Å². The topological polar surface area (TPSA) is 67.1 Å². The molecule has 1 aromatic carbocycles. The zero-order chi connectivity index (χ0) is 15.8. The van der Waals surface area contributed by atoms with Crippen molar-refractivity contribution in [2.75, 3.05) is 13.1 Å². The Morgan fingerprint density at radius 1 is 1.27 bits per heavy atom. The van der Waals surface area contributed by atoms with E-state index in [2.05, 4.69) is 25.7 Å². The predicted molar refractivity (Wildman–Crippen MR) is 83.9 cm³/mol. The van der Waals surface area contributed by atoms with Crippen molar-refractivity contribution in [3.63, 3.8) is 0 Å². The van der Waals surface area contributed by atoms with Gasteiger partial charge in [0.1, 0.15) is 24.5 Å². The van der Waals surface area contributed by atoms with Gasteiger partial charge in [-0.3, -0.25) is 4.68 Å². The highest BCUT2D eigenvalue weighted by atomic mass is 19.1. The molecule has 0 amide bonds. The Hall–Kier alpha value is -2.44. The lowest BCUT2D eigenvalue weighted by Gasteiger charge is -2.11. The van der Waals surface area contributed by atoms with Crippen LogP contribution in [0.2, 0.25) is 0 Å². The number of halogens is 1. The van der Waals surface area contributed by atoms with Gasteiger partial charge >= 0.3 is 0 Å². The minimum absolute atomic E-state index is 0.213. The second-order valence-corrected chi connectivity index (χ2v) is 4.80. The van der Waals surface area contributed by atoms with Crippen LogP contribution in [0.3, 0.4) is 0 Å². The Morgan fingerprint density at radius 3 is 2.68 bits per heavy atom. The van der Waals surface area contributed by atoms with Crippen LogP contribution in [0.25, 0.3) is 0 Å². The lowest BCUT2D eigenvalue weighted by molar-refractivity contribution is 0.626. The van der Waals surface area contributed by atoms with E-state index in [1.54, 1.807) is 16.8 Å². The fourth-order valence-electron chi connectivity index (χ4n) is 1.93. The van der Waals surface area contributed by atoms with E-state index in [0.29, 0.717) is 6.54 Å². The summed E-state index contributed by atoms with van der Waals surface area (Å²) in [6.45, 7) is 3.97. The van der Waals surface area contributed by atoms with E-state index in [1.165, 1.54) is 18.5 Å². The third-order valence-corrected chi connectivity index (χ3v) is 3.15. The molecule has 1 aromatic heterocycles. The Balaban J connectivity index is 1.85. The number of benzene rings is 1. The lowest BCUT2D eigenvalue weighted by Crippen LogP contribution is -2.38. The van der Waals surface area contributed by atoms with Gasteiger partial charge in [-0.15, -0.1) is 0 Å². The van der Waals surface area contributed by atoms with Crippen LogP contribution in [0, 0.1) is 5.82 Å². The van der Waals surface area contributed by atoms with Crippen molar-refractivity contribution in [2.45, 2.75) is 19.9 Å². The molecule has 2 aromatic rings. The molecule has 2 rings (SSSR count). The highest BCUT2D eigenvalue weighted by Crippen LogP contribution is 2.02. The maximum Gasteiger partial charge on any atom is 0.191 e. The average molecular weight is 304 g/mol. The standard InChI is InChI=1S/C15H21FN6/c1-3-17-15(19-10-14-20-11-21-22(14)2)18-9-8-12-4-6-13(16)7-5-12/h4-7,11H,3,8-10H2,1-2H3,(H2,17,18,19). The summed E-state index contributed by atoms with van der Waals surface area (Å²) in [7, 11) is 1.84. The summed E-state index contributed by atoms with van der Waals surface area (Å²) in [4.78, 5) is 8.61. The third kappa shape index (κ3) is 4.83. The minimum atomic E-state index is -0.213. The van der Waals surface area contributed by atoms with Gasteiger partial charge in [0.2, 0.25) is 0 Å². The van der Waals surface area contributed by atoms with E-state index in [0.717, 1.165) is 36.9 Å². The van der Waals surface area contributed by atoms with Crippen molar-refractivity contribution >= 4 is 5.96 Å². The number of aromatic nitrogens is 3. The first-order valence-electron chi connectivity index (χ1n) is 7.28. The highest BCUT2D eigenvalue weighted by Gasteiger charge is 2.01. The molecule has 0 radical (unpaired) electrons.